The van der Waals surface area contributed by atoms with Crippen LogP contribution in [0.2, 0.25) is 0 Å². The average Bonchev–Trinajstić information content (AvgIpc) is 2.74. The molecule has 0 bridgehead atoms. The van der Waals surface area contributed by atoms with Gasteiger partial charge in [-0.2, -0.15) is 5.26 Å². The highest BCUT2D eigenvalue weighted by molar-refractivity contribution is 5.87. The van der Waals surface area contributed by atoms with E-state index in [1.54, 1.807) is 13.0 Å². The fraction of sp³-hybridized carbons (Fsp3) is 0.231. The summed E-state index contributed by atoms with van der Waals surface area (Å²) in [5.41, 5.74) is 0.849. The van der Waals surface area contributed by atoms with Crippen molar-refractivity contribution < 1.29 is 9.53 Å². The van der Waals surface area contributed by atoms with Gasteiger partial charge in [0.05, 0.1) is 12.7 Å². The highest BCUT2D eigenvalue weighted by Gasteiger charge is 2.17. The smallest absolute Gasteiger partial charge is 0.356 e. The van der Waals surface area contributed by atoms with Gasteiger partial charge in [0, 0.05) is 19.4 Å². The Morgan fingerprint density at radius 2 is 2.20 bits per heavy atom. The van der Waals surface area contributed by atoms with Crippen LogP contribution >= 0.6 is 0 Å². The van der Waals surface area contributed by atoms with Crippen LogP contribution in [0.25, 0.3) is 5.82 Å². The van der Waals surface area contributed by atoms with Crippen molar-refractivity contribution in [2.24, 2.45) is 7.05 Å². The summed E-state index contributed by atoms with van der Waals surface area (Å²) in [5.74, 6) is -0.258. The zero-order chi connectivity index (χ0) is 14.9. The van der Waals surface area contributed by atoms with Crippen LogP contribution in [0, 0.1) is 18.3 Å². The Kier molecular flexibility index (Phi) is 3.39. The topological polar surface area (TPSA) is 89.9 Å². The van der Waals surface area contributed by atoms with Crippen molar-refractivity contribution >= 4 is 5.97 Å². The van der Waals surface area contributed by atoms with Gasteiger partial charge in [0.15, 0.2) is 0 Å². The number of aryl methyl sites for hydroxylation is 1. The number of methoxy groups -OCH3 is 1. The molecule has 20 heavy (non-hydrogen) atoms. The summed E-state index contributed by atoms with van der Waals surface area (Å²) in [6.45, 7) is 1.75. The molecule has 2 aromatic heterocycles. The predicted molar refractivity (Wildman–Crippen MR) is 69.6 cm³/mol. The second-order valence-electron chi connectivity index (χ2n) is 4.19. The summed E-state index contributed by atoms with van der Waals surface area (Å²) in [5, 5.41) is 8.86. The van der Waals surface area contributed by atoms with E-state index in [0.29, 0.717) is 16.9 Å². The van der Waals surface area contributed by atoms with Gasteiger partial charge >= 0.3 is 11.7 Å². The van der Waals surface area contributed by atoms with Crippen LogP contribution < -0.4 is 5.69 Å². The van der Waals surface area contributed by atoms with Gasteiger partial charge in [-0.1, -0.05) is 0 Å². The molecule has 0 unspecified atom stereocenters. The van der Waals surface area contributed by atoms with Crippen molar-refractivity contribution in [3.05, 3.63) is 45.8 Å². The van der Waals surface area contributed by atoms with Crippen LogP contribution in [-0.2, 0) is 11.8 Å². The molecular weight excluding hydrogens is 260 g/mol. The summed E-state index contributed by atoms with van der Waals surface area (Å²) in [7, 11) is 2.72. The fourth-order valence-electron chi connectivity index (χ4n) is 1.78. The number of carbonyl (C=O) groups is 1. The molecule has 0 atom stereocenters. The summed E-state index contributed by atoms with van der Waals surface area (Å²) >= 11 is 0. The van der Waals surface area contributed by atoms with E-state index in [9.17, 15) is 9.59 Å². The Morgan fingerprint density at radius 1 is 1.50 bits per heavy atom. The molecule has 0 spiro atoms. The van der Waals surface area contributed by atoms with Crippen molar-refractivity contribution in [3.63, 3.8) is 0 Å². The Labute approximate surface area is 114 Å². The van der Waals surface area contributed by atoms with E-state index >= 15 is 0 Å². The zero-order valence-corrected chi connectivity index (χ0v) is 11.2. The largest absolute Gasteiger partial charge is 0.464 e. The van der Waals surface area contributed by atoms with Gasteiger partial charge in [0.1, 0.15) is 17.6 Å². The van der Waals surface area contributed by atoms with Crippen molar-refractivity contribution in [2.75, 3.05) is 7.11 Å². The van der Waals surface area contributed by atoms with Crippen LogP contribution in [0.1, 0.15) is 21.6 Å². The molecule has 0 N–H and O–H groups in total. The molecule has 0 fully saturated rings. The number of nitrogens with zero attached hydrogens (tertiary/aromatic N) is 4. The van der Waals surface area contributed by atoms with Crippen molar-refractivity contribution in [1.82, 2.24) is 14.1 Å². The molecule has 2 heterocycles. The first-order valence-corrected chi connectivity index (χ1v) is 5.73. The average molecular weight is 272 g/mol. The van der Waals surface area contributed by atoms with Gasteiger partial charge in [-0.15, -0.1) is 0 Å². The van der Waals surface area contributed by atoms with Crippen LogP contribution in [-0.4, -0.2) is 27.2 Å². The van der Waals surface area contributed by atoms with Crippen LogP contribution in [0.5, 0.6) is 0 Å². The van der Waals surface area contributed by atoms with E-state index in [2.05, 4.69) is 9.72 Å². The molecule has 0 saturated heterocycles. The molecule has 0 aliphatic carbocycles. The minimum Gasteiger partial charge on any atom is -0.464 e. The number of esters is 1. The maximum absolute atomic E-state index is 12.1. The van der Waals surface area contributed by atoms with Gasteiger partial charge < -0.3 is 4.74 Å². The summed E-state index contributed by atoms with van der Waals surface area (Å²) < 4.78 is 7.02. The minimum absolute atomic E-state index is 0.126. The number of aromatic nitrogens is 3. The van der Waals surface area contributed by atoms with E-state index in [0.717, 1.165) is 0 Å². The van der Waals surface area contributed by atoms with Crippen LogP contribution in [0.15, 0.2) is 23.3 Å². The lowest BCUT2D eigenvalue weighted by Gasteiger charge is -2.02. The maximum Gasteiger partial charge on any atom is 0.356 e. The summed E-state index contributed by atoms with van der Waals surface area (Å²) in [6, 6.07) is 3.62. The standard InChI is InChI=1S/C13H12N4O3/c1-8-4-11(15-6-9(8)5-14)17-7-10(12(18)20-3)16(2)13(17)19/h4,6-7H,1-3H3. The van der Waals surface area contributed by atoms with E-state index < -0.39 is 11.7 Å². The van der Waals surface area contributed by atoms with Gasteiger partial charge in [-0.25, -0.2) is 14.6 Å². The third-order valence-electron chi connectivity index (χ3n) is 2.96. The number of nitriles is 1. The van der Waals surface area contributed by atoms with Crippen molar-refractivity contribution in [2.45, 2.75) is 6.92 Å². The van der Waals surface area contributed by atoms with E-state index in [1.807, 2.05) is 6.07 Å². The molecule has 0 amide bonds. The molecular formula is C13H12N4O3. The third kappa shape index (κ3) is 2.07. The lowest BCUT2D eigenvalue weighted by Crippen LogP contribution is -2.23. The molecule has 0 aromatic carbocycles. The van der Waals surface area contributed by atoms with E-state index in [-0.39, 0.29) is 5.69 Å². The molecule has 7 heteroatoms. The van der Waals surface area contributed by atoms with Crippen LogP contribution in [0.3, 0.4) is 0 Å². The van der Waals surface area contributed by atoms with Crippen molar-refractivity contribution in [1.29, 1.82) is 5.26 Å². The number of hydrogen-bond donors (Lipinski definition) is 0. The van der Waals surface area contributed by atoms with Gasteiger partial charge in [0.25, 0.3) is 0 Å². The normalized spacial score (nSPS) is 10.1. The Bertz CT molecular complexity index is 780. The summed E-state index contributed by atoms with van der Waals surface area (Å²) in [4.78, 5) is 27.7. The molecule has 0 saturated carbocycles. The first-order chi connectivity index (χ1) is 9.49. The number of hydrogen-bond acceptors (Lipinski definition) is 5. The van der Waals surface area contributed by atoms with E-state index in [4.69, 9.17) is 5.26 Å². The van der Waals surface area contributed by atoms with Crippen molar-refractivity contribution in [3.8, 4) is 11.9 Å². The second-order valence-corrected chi connectivity index (χ2v) is 4.19. The molecule has 102 valence electrons. The first kappa shape index (κ1) is 13.5. The summed E-state index contributed by atoms with van der Waals surface area (Å²) in [6.07, 6.45) is 2.75. The van der Waals surface area contributed by atoms with E-state index in [1.165, 1.54) is 35.7 Å². The number of carbonyl (C=O) groups excluding carboxylic acids is 1. The monoisotopic (exact) mass is 272 g/mol. The predicted octanol–water partition coefficient (Wildman–Crippen LogP) is 0.538. The SMILES string of the molecule is COC(=O)c1cn(-c2cc(C)c(C#N)cn2)c(=O)n1C. The Balaban J connectivity index is 2.60. The molecule has 2 aromatic rings. The number of ether oxygens (including phenoxy) is 1. The number of pyridine rings is 1. The van der Waals surface area contributed by atoms with Gasteiger partial charge in [-0.05, 0) is 18.6 Å². The highest BCUT2D eigenvalue weighted by Crippen LogP contribution is 2.11. The highest BCUT2D eigenvalue weighted by atomic mass is 16.5. The van der Waals surface area contributed by atoms with Crippen LogP contribution in [0.4, 0.5) is 0 Å². The molecule has 2 rings (SSSR count). The third-order valence-corrected chi connectivity index (χ3v) is 2.96. The molecule has 0 radical (unpaired) electrons. The van der Waals surface area contributed by atoms with Gasteiger partial charge in [-0.3, -0.25) is 9.13 Å². The fourth-order valence-corrected chi connectivity index (χ4v) is 1.78. The van der Waals surface area contributed by atoms with Gasteiger partial charge in [0.2, 0.25) is 0 Å². The second kappa shape index (κ2) is 5.01. The lowest BCUT2D eigenvalue weighted by atomic mass is 10.2. The molecule has 7 nitrogen and oxygen atoms in total. The Hall–Kier alpha value is -2.88. The zero-order valence-electron chi connectivity index (χ0n) is 11.2. The first-order valence-electron chi connectivity index (χ1n) is 5.73. The lowest BCUT2D eigenvalue weighted by molar-refractivity contribution is 0.0589. The Morgan fingerprint density at radius 3 is 2.75 bits per heavy atom. The molecule has 0 aliphatic heterocycles. The molecule has 0 aliphatic rings. The number of imidazole rings is 1. The number of rotatable bonds is 2. The maximum atomic E-state index is 12.1. The minimum atomic E-state index is -0.603. The quantitative estimate of drug-likeness (QED) is 0.744.